The normalized spacial score (nSPS) is 19.7. The molecule has 0 aromatic carbocycles. The lowest BCUT2D eigenvalue weighted by Crippen LogP contribution is -2.47. The first-order valence-electron chi connectivity index (χ1n) is 3.55. The molecule has 1 aliphatic heterocycles. The van der Waals surface area contributed by atoms with Crippen molar-refractivity contribution in [2.24, 2.45) is 11.7 Å². The van der Waals surface area contributed by atoms with Crippen LogP contribution in [-0.2, 0) is 0 Å². The van der Waals surface area contributed by atoms with Crippen molar-refractivity contribution in [3.63, 3.8) is 0 Å². The largest absolute Gasteiger partial charge is 0.329 e. The number of nitrogens with one attached hydrogen (secondary N) is 2. The molecule has 1 heterocycles. The second-order valence-corrected chi connectivity index (χ2v) is 2.52. The Morgan fingerprint density at radius 3 is 2.78 bits per heavy atom. The van der Waals surface area contributed by atoms with Crippen molar-refractivity contribution in [3.05, 3.63) is 0 Å². The van der Waals surface area contributed by atoms with Gasteiger partial charge < -0.3 is 16.4 Å². The fraction of sp³-hybridized carbons (Fsp3) is 1.00. The van der Waals surface area contributed by atoms with E-state index in [-0.39, 0.29) is 0 Å². The smallest absolute Gasteiger partial charge is 0.00746 e. The molecule has 0 unspecified atom stereocenters. The molecule has 54 valence electrons. The number of nitrogens with two attached hydrogens (primary N) is 1. The highest BCUT2D eigenvalue weighted by atomic mass is 15.0. The van der Waals surface area contributed by atoms with Crippen molar-refractivity contribution in [1.82, 2.24) is 10.6 Å². The first kappa shape index (κ1) is 6.99. The van der Waals surface area contributed by atoms with E-state index in [0.717, 1.165) is 25.6 Å². The van der Waals surface area contributed by atoms with E-state index in [1.807, 2.05) is 0 Å². The summed E-state index contributed by atoms with van der Waals surface area (Å²) in [5.74, 6) is 0.858. The maximum atomic E-state index is 5.30. The quantitative estimate of drug-likeness (QED) is 0.416. The van der Waals surface area contributed by atoms with Gasteiger partial charge in [-0.15, -0.1) is 0 Å². The standard InChI is InChI=1S/C6H15N3/c7-1-2-8-3-6-4-9-5-6/h6,8-9H,1-5,7H2. The zero-order valence-electron chi connectivity index (χ0n) is 5.69. The first-order valence-corrected chi connectivity index (χ1v) is 3.55. The molecule has 1 aliphatic rings. The van der Waals surface area contributed by atoms with E-state index in [1.54, 1.807) is 0 Å². The third-order valence-electron chi connectivity index (χ3n) is 1.62. The molecule has 0 atom stereocenters. The van der Waals surface area contributed by atoms with E-state index in [4.69, 9.17) is 5.73 Å². The van der Waals surface area contributed by atoms with Gasteiger partial charge in [-0.2, -0.15) is 0 Å². The molecule has 0 aromatic rings. The van der Waals surface area contributed by atoms with E-state index < -0.39 is 0 Å². The van der Waals surface area contributed by atoms with Crippen LogP contribution >= 0.6 is 0 Å². The van der Waals surface area contributed by atoms with Crippen molar-refractivity contribution in [1.29, 1.82) is 0 Å². The molecule has 1 fully saturated rings. The Labute approximate surface area is 56.0 Å². The molecule has 4 N–H and O–H groups in total. The summed E-state index contributed by atoms with van der Waals surface area (Å²) in [7, 11) is 0. The van der Waals surface area contributed by atoms with Gasteiger partial charge in [0.15, 0.2) is 0 Å². The van der Waals surface area contributed by atoms with Crippen LogP contribution in [0.15, 0.2) is 0 Å². The zero-order valence-corrected chi connectivity index (χ0v) is 5.69. The minimum Gasteiger partial charge on any atom is -0.329 e. The summed E-state index contributed by atoms with van der Waals surface area (Å²) < 4.78 is 0. The van der Waals surface area contributed by atoms with E-state index >= 15 is 0 Å². The van der Waals surface area contributed by atoms with Gasteiger partial charge in [-0.05, 0) is 5.92 Å². The minimum absolute atomic E-state index is 0.750. The zero-order chi connectivity index (χ0) is 6.53. The van der Waals surface area contributed by atoms with Crippen LogP contribution in [-0.4, -0.2) is 32.7 Å². The molecule has 0 aromatic heterocycles. The molecule has 0 bridgehead atoms. The molecule has 0 aliphatic carbocycles. The molecule has 0 amide bonds. The minimum atomic E-state index is 0.750. The van der Waals surface area contributed by atoms with Gasteiger partial charge in [-0.3, -0.25) is 0 Å². The Morgan fingerprint density at radius 1 is 1.56 bits per heavy atom. The Morgan fingerprint density at radius 2 is 2.33 bits per heavy atom. The topological polar surface area (TPSA) is 50.1 Å². The van der Waals surface area contributed by atoms with Gasteiger partial charge in [0.2, 0.25) is 0 Å². The summed E-state index contributed by atoms with van der Waals surface area (Å²) in [6.45, 7) is 5.19. The lowest BCUT2D eigenvalue weighted by Gasteiger charge is -2.27. The molecule has 1 saturated heterocycles. The average molecular weight is 129 g/mol. The molecule has 0 saturated carbocycles. The maximum absolute atomic E-state index is 5.30. The monoisotopic (exact) mass is 129 g/mol. The summed E-state index contributed by atoms with van der Waals surface area (Å²) in [5, 5.41) is 6.49. The Bertz CT molecular complexity index is 70.7. The summed E-state index contributed by atoms with van der Waals surface area (Å²) >= 11 is 0. The fourth-order valence-corrected chi connectivity index (χ4v) is 0.901. The summed E-state index contributed by atoms with van der Waals surface area (Å²) in [6.07, 6.45) is 0. The molecule has 3 nitrogen and oxygen atoms in total. The van der Waals surface area contributed by atoms with Crippen LogP contribution in [0.3, 0.4) is 0 Å². The highest BCUT2D eigenvalue weighted by Crippen LogP contribution is 1.98. The first-order chi connectivity index (χ1) is 4.43. The predicted octanol–water partition coefficient (Wildman–Crippen LogP) is -1.25. The third kappa shape index (κ3) is 2.30. The van der Waals surface area contributed by atoms with Gasteiger partial charge in [0.05, 0.1) is 0 Å². The van der Waals surface area contributed by atoms with E-state index in [1.165, 1.54) is 13.1 Å². The van der Waals surface area contributed by atoms with Gasteiger partial charge >= 0.3 is 0 Å². The van der Waals surface area contributed by atoms with Gasteiger partial charge in [0, 0.05) is 32.7 Å². The fourth-order valence-electron chi connectivity index (χ4n) is 0.901. The molecule has 9 heavy (non-hydrogen) atoms. The second kappa shape index (κ2) is 3.82. The van der Waals surface area contributed by atoms with Gasteiger partial charge in [0.25, 0.3) is 0 Å². The molecule has 1 rings (SSSR count). The Hall–Kier alpha value is -0.120. The summed E-state index contributed by atoms with van der Waals surface area (Å²) in [5.41, 5.74) is 5.30. The number of rotatable bonds is 4. The van der Waals surface area contributed by atoms with Crippen molar-refractivity contribution < 1.29 is 0 Å². The van der Waals surface area contributed by atoms with Gasteiger partial charge in [-0.1, -0.05) is 0 Å². The molecular formula is C6H15N3. The lowest BCUT2D eigenvalue weighted by atomic mass is 10.0. The third-order valence-corrected chi connectivity index (χ3v) is 1.62. The number of hydrogen-bond donors (Lipinski definition) is 3. The molecular weight excluding hydrogens is 114 g/mol. The van der Waals surface area contributed by atoms with E-state index in [0.29, 0.717) is 0 Å². The van der Waals surface area contributed by atoms with Crippen molar-refractivity contribution in [2.45, 2.75) is 0 Å². The second-order valence-electron chi connectivity index (χ2n) is 2.52. The highest BCUT2D eigenvalue weighted by Gasteiger charge is 2.14. The van der Waals surface area contributed by atoms with Crippen LogP contribution in [0.1, 0.15) is 0 Å². The molecule has 0 spiro atoms. The lowest BCUT2D eigenvalue weighted by molar-refractivity contribution is 0.333. The van der Waals surface area contributed by atoms with Crippen molar-refractivity contribution in [3.8, 4) is 0 Å². The number of hydrogen-bond acceptors (Lipinski definition) is 3. The van der Waals surface area contributed by atoms with Gasteiger partial charge in [-0.25, -0.2) is 0 Å². The van der Waals surface area contributed by atoms with Crippen LogP contribution in [0, 0.1) is 5.92 Å². The van der Waals surface area contributed by atoms with Crippen LogP contribution in [0.25, 0.3) is 0 Å². The van der Waals surface area contributed by atoms with Gasteiger partial charge in [0.1, 0.15) is 0 Å². The highest BCUT2D eigenvalue weighted by molar-refractivity contribution is 4.76. The van der Waals surface area contributed by atoms with Crippen molar-refractivity contribution >= 4 is 0 Å². The van der Waals surface area contributed by atoms with Crippen LogP contribution in [0.5, 0.6) is 0 Å². The van der Waals surface area contributed by atoms with Crippen LogP contribution in [0.4, 0.5) is 0 Å². The average Bonchev–Trinajstić information content (AvgIpc) is 1.76. The van der Waals surface area contributed by atoms with Crippen LogP contribution in [0.2, 0.25) is 0 Å². The SMILES string of the molecule is NCCNCC1CNC1. The molecule has 3 heteroatoms. The van der Waals surface area contributed by atoms with E-state index in [9.17, 15) is 0 Å². The van der Waals surface area contributed by atoms with Crippen LogP contribution < -0.4 is 16.4 Å². The van der Waals surface area contributed by atoms with E-state index in [2.05, 4.69) is 10.6 Å². The summed E-state index contributed by atoms with van der Waals surface area (Å²) in [4.78, 5) is 0. The maximum Gasteiger partial charge on any atom is 0.00746 e. The predicted molar refractivity (Wildman–Crippen MR) is 38.3 cm³/mol. The van der Waals surface area contributed by atoms with Crippen molar-refractivity contribution in [2.75, 3.05) is 32.7 Å². The summed E-state index contributed by atoms with van der Waals surface area (Å²) in [6, 6.07) is 0. The Kier molecular flexibility index (Phi) is 2.97. The Balaban J connectivity index is 1.80. The molecule has 0 radical (unpaired) electrons.